The summed E-state index contributed by atoms with van der Waals surface area (Å²) in [6.45, 7) is 1.84. The minimum atomic E-state index is -0.344. The van der Waals surface area contributed by atoms with Crippen molar-refractivity contribution in [1.82, 2.24) is 10.2 Å². The molecular weight excluding hydrogens is 373 g/mol. The Morgan fingerprint density at radius 3 is 2.70 bits per heavy atom. The van der Waals surface area contributed by atoms with Gasteiger partial charge in [-0.2, -0.15) is 0 Å². The van der Waals surface area contributed by atoms with Gasteiger partial charge in [-0.3, -0.25) is 4.79 Å². The van der Waals surface area contributed by atoms with Gasteiger partial charge in [-0.25, -0.2) is 4.39 Å². The monoisotopic (exact) mass is 389 g/mol. The third kappa shape index (κ3) is 4.62. The molecule has 0 fully saturated rings. The predicted molar refractivity (Wildman–Crippen MR) is 99.4 cm³/mol. The number of nitrogens with zero attached hydrogens (tertiary/aromatic N) is 2. The number of ether oxygens (including phenoxy) is 1. The average molecular weight is 390 g/mol. The van der Waals surface area contributed by atoms with Crippen LogP contribution in [0.3, 0.4) is 0 Å². The highest BCUT2D eigenvalue weighted by atomic mass is 35.5. The van der Waals surface area contributed by atoms with Crippen LogP contribution in [0, 0.1) is 12.7 Å². The normalized spacial score (nSPS) is 10.7. The maximum atomic E-state index is 13.0. The Hall–Kier alpha value is -2.93. The molecule has 1 amide bonds. The number of hydrogen-bond acceptors (Lipinski definition) is 5. The van der Waals surface area contributed by atoms with Crippen LogP contribution in [-0.4, -0.2) is 23.2 Å². The maximum absolute atomic E-state index is 13.0. The number of anilines is 1. The zero-order chi connectivity index (χ0) is 19.4. The fraction of sp³-hybridized carbons (Fsp3) is 0.211. The number of halogens is 2. The van der Waals surface area contributed by atoms with Crippen LogP contribution in [0.1, 0.15) is 17.9 Å². The van der Waals surface area contributed by atoms with Gasteiger partial charge < -0.3 is 14.5 Å². The number of aryl methyl sites for hydroxylation is 2. The molecule has 8 heteroatoms. The number of methoxy groups -OCH3 is 1. The van der Waals surface area contributed by atoms with Crippen LogP contribution >= 0.6 is 11.6 Å². The maximum Gasteiger partial charge on any atom is 0.247 e. The second-order valence-electron chi connectivity index (χ2n) is 5.86. The molecule has 0 atom stereocenters. The molecule has 6 nitrogen and oxygen atoms in total. The van der Waals surface area contributed by atoms with Gasteiger partial charge in [0.2, 0.25) is 17.7 Å². The van der Waals surface area contributed by atoms with Crippen LogP contribution in [0.25, 0.3) is 11.5 Å². The van der Waals surface area contributed by atoms with Crippen molar-refractivity contribution in [3.05, 3.63) is 58.7 Å². The highest BCUT2D eigenvalue weighted by molar-refractivity contribution is 6.31. The Morgan fingerprint density at radius 1 is 1.26 bits per heavy atom. The molecule has 0 saturated heterocycles. The van der Waals surface area contributed by atoms with E-state index in [1.54, 1.807) is 24.3 Å². The Balaban J connectivity index is 1.62. The second kappa shape index (κ2) is 8.18. The highest BCUT2D eigenvalue weighted by Crippen LogP contribution is 2.31. The van der Waals surface area contributed by atoms with Gasteiger partial charge in [-0.15, -0.1) is 10.2 Å². The number of rotatable bonds is 6. The molecule has 0 aliphatic heterocycles. The largest absolute Gasteiger partial charge is 0.495 e. The molecule has 1 heterocycles. The standard InChI is InChI=1S/C19H17ClFN3O3/c1-11-9-15(16(26-2)10-14(11)20)22-17(25)7-8-18-23-24-19(27-18)12-3-5-13(21)6-4-12/h3-6,9-10H,7-8H2,1-2H3,(H,22,25). The zero-order valence-electron chi connectivity index (χ0n) is 14.8. The van der Waals surface area contributed by atoms with Crippen molar-refractivity contribution in [2.45, 2.75) is 19.8 Å². The lowest BCUT2D eigenvalue weighted by atomic mass is 10.2. The summed E-state index contributed by atoms with van der Waals surface area (Å²) in [4.78, 5) is 12.2. The first-order valence-electron chi connectivity index (χ1n) is 8.18. The van der Waals surface area contributed by atoms with Gasteiger partial charge in [0.25, 0.3) is 0 Å². The molecule has 3 rings (SSSR count). The smallest absolute Gasteiger partial charge is 0.247 e. The Kier molecular flexibility index (Phi) is 5.71. The van der Waals surface area contributed by atoms with E-state index in [1.807, 2.05) is 6.92 Å². The van der Waals surface area contributed by atoms with Crippen LogP contribution < -0.4 is 10.1 Å². The van der Waals surface area contributed by atoms with E-state index in [0.717, 1.165) is 5.56 Å². The summed E-state index contributed by atoms with van der Waals surface area (Å²) in [6.07, 6.45) is 0.421. The van der Waals surface area contributed by atoms with Crippen LogP contribution in [0.2, 0.25) is 5.02 Å². The van der Waals surface area contributed by atoms with Gasteiger partial charge in [0.15, 0.2) is 0 Å². The molecule has 27 heavy (non-hydrogen) atoms. The van der Waals surface area contributed by atoms with E-state index in [9.17, 15) is 9.18 Å². The van der Waals surface area contributed by atoms with Crippen molar-refractivity contribution in [1.29, 1.82) is 0 Å². The van der Waals surface area contributed by atoms with Crippen molar-refractivity contribution in [2.75, 3.05) is 12.4 Å². The predicted octanol–water partition coefficient (Wildman–Crippen LogP) is 4.42. The third-order valence-corrected chi connectivity index (χ3v) is 4.29. The lowest BCUT2D eigenvalue weighted by Crippen LogP contribution is -2.13. The lowest BCUT2D eigenvalue weighted by molar-refractivity contribution is -0.116. The Bertz CT molecular complexity index is 957. The van der Waals surface area contributed by atoms with Gasteiger partial charge in [-0.05, 0) is 42.8 Å². The summed E-state index contributed by atoms with van der Waals surface area (Å²) in [5.41, 5.74) is 1.98. The van der Waals surface area contributed by atoms with Crippen molar-refractivity contribution < 1.29 is 18.3 Å². The number of carbonyl (C=O) groups is 1. The number of aromatic nitrogens is 2. The lowest BCUT2D eigenvalue weighted by Gasteiger charge is -2.12. The minimum Gasteiger partial charge on any atom is -0.495 e. The van der Waals surface area contributed by atoms with E-state index in [1.165, 1.54) is 19.2 Å². The Morgan fingerprint density at radius 2 is 2.00 bits per heavy atom. The van der Waals surface area contributed by atoms with E-state index < -0.39 is 0 Å². The van der Waals surface area contributed by atoms with E-state index in [2.05, 4.69) is 15.5 Å². The van der Waals surface area contributed by atoms with Gasteiger partial charge in [0.1, 0.15) is 11.6 Å². The van der Waals surface area contributed by atoms with Crippen molar-refractivity contribution in [3.8, 4) is 17.2 Å². The van der Waals surface area contributed by atoms with Crippen molar-refractivity contribution in [3.63, 3.8) is 0 Å². The van der Waals surface area contributed by atoms with Crippen LogP contribution in [0.15, 0.2) is 40.8 Å². The molecule has 0 radical (unpaired) electrons. The first-order chi connectivity index (χ1) is 13.0. The van der Waals surface area contributed by atoms with Gasteiger partial charge in [0.05, 0.1) is 12.8 Å². The SMILES string of the molecule is COc1cc(Cl)c(C)cc1NC(=O)CCc1nnc(-c2ccc(F)cc2)o1. The molecule has 0 bridgehead atoms. The molecule has 0 aliphatic carbocycles. The average Bonchev–Trinajstić information content (AvgIpc) is 3.12. The summed E-state index contributed by atoms with van der Waals surface area (Å²) in [6, 6.07) is 9.13. The van der Waals surface area contributed by atoms with Crippen molar-refractivity contribution in [2.24, 2.45) is 0 Å². The fourth-order valence-electron chi connectivity index (χ4n) is 2.43. The van der Waals surface area contributed by atoms with Gasteiger partial charge in [0, 0.05) is 29.5 Å². The van der Waals surface area contributed by atoms with E-state index in [-0.39, 0.29) is 30.5 Å². The first-order valence-corrected chi connectivity index (χ1v) is 8.56. The van der Waals surface area contributed by atoms with Crippen LogP contribution in [-0.2, 0) is 11.2 Å². The first kappa shape index (κ1) is 18.8. The molecule has 140 valence electrons. The molecule has 0 spiro atoms. The van der Waals surface area contributed by atoms with Gasteiger partial charge in [-0.1, -0.05) is 11.6 Å². The molecule has 0 aliphatic rings. The van der Waals surface area contributed by atoms with Crippen LogP contribution in [0.5, 0.6) is 5.75 Å². The summed E-state index contributed by atoms with van der Waals surface area (Å²) >= 11 is 6.06. The zero-order valence-corrected chi connectivity index (χ0v) is 15.5. The molecule has 2 aromatic carbocycles. The number of hydrogen-bond donors (Lipinski definition) is 1. The quantitative estimate of drug-likeness (QED) is 0.675. The second-order valence-corrected chi connectivity index (χ2v) is 6.26. The number of carbonyl (C=O) groups excluding carboxylic acids is 1. The van der Waals surface area contributed by atoms with E-state index in [4.69, 9.17) is 20.8 Å². The number of amides is 1. The summed E-state index contributed by atoms with van der Waals surface area (Å²) in [5, 5.41) is 11.2. The van der Waals surface area contributed by atoms with Crippen molar-refractivity contribution >= 4 is 23.2 Å². The molecule has 0 saturated carbocycles. The third-order valence-electron chi connectivity index (χ3n) is 3.88. The molecule has 0 unspecified atom stereocenters. The summed E-state index contributed by atoms with van der Waals surface area (Å²) < 4.78 is 23.7. The molecule has 3 aromatic rings. The van der Waals surface area contributed by atoms with Gasteiger partial charge >= 0.3 is 0 Å². The minimum absolute atomic E-state index is 0.149. The number of benzene rings is 2. The van der Waals surface area contributed by atoms with E-state index >= 15 is 0 Å². The number of nitrogens with one attached hydrogen (secondary N) is 1. The highest BCUT2D eigenvalue weighted by Gasteiger charge is 2.13. The Labute approximate surface area is 160 Å². The van der Waals surface area contributed by atoms with Crippen LogP contribution in [0.4, 0.5) is 10.1 Å². The molecular formula is C19H17ClFN3O3. The fourth-order valence-corrected chi connectivity index (χ4v) is 2.58. The topological polar surface area (TPSA) is 77.2 Å². The summed E-state index contributed by atoms with van der Waals surface area (Å²) in [5.74, 6) is 0.513. The molecule has 1 N–H and O–H groups in total. The summed E-state index contributed by atoms with van der Waals surface area (Å²) in [7, 11) is 1.51. The van der Waals surface area contributed by atoms with E-state index in [0.29, 0.717) is 27.9 Å². The molecule has 1 aromatic heterocycles.